The third kappa shape index (κ3) is 7.31. The number of carbonyl (C=O) groups excluding carboxylic acids is 2. The van der Waals surface area contributed by atoms with E-state index < -0.39 is 27.7 Å². The molecule has 4 aromatic carbocycles. The molecule has 47 heavy (non-hydrogen) atoms. The molecule has 0 radical (unpaired) electrons. The number of amides is 3. The minimum atomic E-state index is -4.16. The van der Waals surface area contributed by atoms with Crippen LogP contribution in [0.4, 0.5) is 21.9 Å². The quantitative estimate of drug-likeness (QED) is 0.126. The number of carbonyl (C=O) groups is 3. The number of hydrogen-bond acceptors (Lipinski definition) is 8. The highest BCUT2D eigenvalue weighted by molar-refractivity contribution is 7.91. The summed E-state index contributed by atoms with van der Waals surface area (Å²) in [6.45, 7) is 1.97. The molecule has 3 amide bonds. The number of anilines is 3. The smallest absolute Gasteiger partial charge is 0.404 e. The number of primary amides is 1. The molecule has 0 bridgehead atoms. The van der Waals surface area contributed by atoms with E-state index in [2.05, 4.69) is 20.9 Å². The van der Waals surface area contributed by atoms with Gasteiger partial charge in [0, 0.05) is 41.1 Å². The van der Waals surface area contributed by atoms with Crippen molar-refractivity contribution in [1.29, 1.82) is 0 Å². The molecular formula is C34H31N5O7S. The molecule has 13 heteroatoms. The van der Waals surface area contributed by atoms with Gasteiger partial charge in [-0.05, 0) is 79.1 Å². The van der Waals surface area contributed by atoms with Crippen LogP contribution in [0.25, 0.3) is 10.9 Å². The molecule has 0 aliphatic heterocycles. The molecule has 5 rings (SSSR count). The molecule has 0 unspecified atom stereocenters. The van der Waals surface area contributed by atoms with Crippen LogP contribution in [0, 0.1) is 6.92 Å². The van der Waals surface area contributed by atoms with Crippen LogP contribution in [0.2, 0.25) is 0 Å². The summed E-state index contributed by atoms with van der Waals surface area (Å²) in [6.07, 6.45) is 0.725. The number of nitrogens with zero attached hydrogens (tertiary/aromatic N) is 1. The maximum absolute atomic E-state index is 14.0. The van der Waals surface area contributed by atoms with Crippen molar-refractivity contribution in [2.24, 2.45) is 5.73 Å². The molecule has 5 aromatic rings. The number of fused-ring (bicyclic) bond motifs is 1. The number of aryl methyl sites for hydroxylation is 1. The third-order valence-corrected chi connectivity index (χ3v) is 9.09. The molecule has 1 heterocycles. The van der Waals surface area contributed by atoms with Gasteiger partial charge in [-0.25, -0.2) is 13.2 Å². The molecule has 240 valence electrons. The normalized spacial score (nSPS) is 11.1. The van der Waals surface area contributed by atoms with E-state index in [1.54, 1.807) is 55.5 Å². The van der Waals surface area contributed by atoms with E-state index in [1.807, 2.05) is 0 Å². The van der Waals surface area contributed by atoms with E-state index in [0.717, 1.165) is 5.56 Å². The summed E-state index contributed by atoms with van der Waals surface area (Å²) in [4.78, 5) is 40.4. The number of carboxylic acid groups (broad SMARTS) is 1. The average Bonchev–Trinajstić information content (AvgIpc) is 3.05. The zero-order chi connectivity index (χ0) is 33.7. The Labute approximate surface area is 270 Å². The van der Waals surface area contributed by atoms with Crippen molar-refractivity contribution in [2.45, 2.75) is 23.1 Å². The van der Waals surface area contributed by atoms with Crippen LogP contribution < -0.4 is 26.4 Å². The van der Waals surface area contributed by atoms with Crippen LogP contribution in [0.5, 0.6) is 5.75 Å². The number of nitrogens with one attached hydrogen (secondary N) is 3. The van der Waals surface area contributed by atoms with Gasteiger partial charge in [-0.3, -0.25) is 14.6 Å². The van der Waals surface area contributed by atoms with Crippen LogP contribution in [-0.4, -0.2) is 50.1 Å². The predicted octanol–water partition coefficient (Wildman–Crippen LogP) is 5.29. The molecular weight excluding hydrogens is 622 g/mol. The van der Waals surface area contributed by atoms with Crippen LogP contribution in [-0.2, 0) is 16.3 Å². The fraction of sp³-hybridized carbons (Fsp3) is 0.118. The van der Waals surface area contributed by atoms with Crippen molar-refractivity contribution < 1.29 is 32.6 Å². The lowest BCUT2D eigenvalue weighted by molar-refractivity contribution is 0.0998. The van der Waals surface area contributed by atoms with Gasteiger partial charge in [-0.1, -0.05) is 24.3 Å². The van der Waals surface area contributed by atoms with E-state index in [-0.39, 0.29) is 33.2 Å². The number of rotatable bonds is 11. The number of aromatic nitrogens is 1. The van der Waals surface area contributed by atoms with E-state index in [1.165, 1.54) is 49.7 Å². The molecule has 6 N–H and O–H groups in total. The van der Waals surface area contributed by atoms with E-state index in [4.69, 9.17) is 15.6 Å². The second-order valence-electron chi connectivity index (χ2n) is 10.6. The Balaban J connectivity index is 1.46. The summed E-state index contributed by atoms with van der Waals surface area (Å²) in [5.41, 5.74) is 9.10. The van der Waals surface area contributed by atoms with Crippen molar-refractivity contribution >= 4 is 55.7 Å². The van der Waals surface area contributed by atoms with E-state index >= 15 is 0 Å². The minimum Gasteiger partial charge on any atom is -0.497 e. The molecule has 0 saturated carbocycles. The first-order valence-corrected chi connectivity index (χ1v) is 15.8. The molecule has 0 aliphatic rings. The van der Waals surface area contributed by atoms with E-state index in [0.29, 0.717) is 40.0 Å². The summed E-state index contributed by atoms with van der Waals surface area (Å²) < 4.78 is 33.3. The summed E-state index contributed by atoms with van der Waals surface area (Å²) in [5, 5.41) is 17.3. The molecule has 1 aromatic heterocycles. The number of sulfone groups is 1. The SMILES string of the molecule is COc1cccc(Nc2c(C(N)=O)cnc3c(C)cc(S(=O)(=O)c4cccc(C(=O)Nc5ccc(CCNC(=O)O)cc5)c4)cc23)c1. The van der Waals surface area contributed by atoms with Crippen molar-refractivity contribution in [2.75, 3.05) is 24.3 Å². The number of methoxy groups -OCH3 is 1. The fourth-order valence-corrected chi connectivity index (χ4v) is 6.40. The zero-order valence-electron chi connectivity index (χ0n) is 25.4. The first-order valence-electron chi connectivity index (χ1n) is 14.3. The number of ether oxygens (including phenoxy) is 1. The Morgan fingerprint density at radius 2 is 1.66 bits per heavy atom. The highest BCUT2D eigenvalue weighted by atomic mass is 32.2. The highest BCUT2D eigenvalue weighted by Gasteiger charge is 2.23. The fourth-order valence-electron chi connectivity index (χ4n) is 4.98. The summed E-state index contributed by atoms with van der Waals surface area (Å²) in [6, 6.07) is 22.5. The Bertz CT molecular complexity index is 2120. The lowest BCUT2D eigenvalue weighted by atomic mass is 10.1. The first-order chi connectivity index (χ1) is 22.5. The Kier molecular flexibility index (Phi) is 9.38. The maximum Gasteiger partial charge on any atom is 0.404 e. The van der Waals surface area contributed by atoms with Crippen molar-refractivity contribution in [3.8, 4) is 5.75 Å². The zero-order valence-corrected chi connectivity index (χ0v) is 26.2. The minimum absolute atomic E-state index is 0.0647. The topological polar surface area (TPSA) is 190 Å². The molecule has 0 atom stereocenters. The van der Waals surface area contributed by atoms with Gasteiger partial charge in [0.25, 0.3) is 11.8 Å². The number of nitrogens with two attached hydrogens (primary N) is 1. The average molecular weight is 654 g/mol. The monoisotopic (exact) mass is 653 g/mol. The van der Waals surface area contributed by atoms with Crippen LogP contribution in [0.3, 0.4) is 0 Å². The molecule has 12 nitrogen and oxygen atoms in total. The summed E-state index contributed by atoms with van der Waals surface area (Å²) in [5.74, 6) is -0.698. The van der Waals surface area contributed by atoms with Gasteiger partial charge in [0.15, 0.2) is 0 Å². The third-order valence-electron chi connectivity index (χ3n) is 7.36. The summed E-state index contributed by atoms with van der Waals surface area (Å²) in [7, 11) is -2.63. The number of pyridine rings is 1. The van der Waals surface area contributed by atoms with E-state index in [9.17, 15) is 22.8 Å². The first kappa shape index (κ1) is 32.4. The lowest BCUT2D eigenvalue weighted by Crippen LogP contribution is -2.23. The van der Waals surface area contributed by atoms with Crippen LogP contribution in [0.15, 0.2) is 101 Å². The second-order valence-corrected chi connectivity index (χ2v) is 12.5. The van der Waals surface area contributed by atoms with Crippen molar-refractivity contribution in [1.82, 2.24) is 10.3 Å². The Morgan fingerprint density at radius 1 is 0.915 bits per heavy atom. The van der Waals surface area contributed by atoms with Crippen LogP contribution in [0.1, 0.15) is 31.8 Å². The number of benzene rings is 4. The van der Waals surface area contributed by atoms with Crippen LogP contribution >= 0.6 is 0 Å². The van der Waals surface area contributed by atoms with Crippen molar-refractivity contribution in [3.05, 3.63) is 113 Å². The second kappa shape index (κ2) is 13.6. The van der Waals surface area contributed by atoms with Gasteiger partial charge >= 0.3 is 6.09 Å². The van der Waals surface area contributed by atoms with Gasteiger partial charge in [0.2, 0.25) is 9.84 Å². The molecule has 0 saturated heterocycles. The summed E-state index contributed by atoms with van der Waals surface area (Å²) >= 11 is 0. The van der Waals surface area contributed by atoms with Crippen molar-refractivity contribution in [3.63, 3.8) is 0 Å². The van der Waals surface area contributed by atoms with Gasteiger partial charge in [0.05, 0.1) is 33.7 Å². The molecule has 0 fully saturated rings. The van der Waals surface area contributed by atoms with Gasteiger partial charge in [-0.15, -0.1) is 0 Å². The standard InChI is InChI=1S/C34H31N5O7S/c1-20-15-27(18-28-30(20)37-19-29(32(35)40)31(28)38-24-6-4-7-25(17-24)46-2)47(44,45)26-8-3-5-22(16-26)33(41)39-23-11-9-21(10-12-23)13-14-36-34(42)43/h3-12,15-19,36H,13-14H2,1-2H3,(H2,35,40)(H,37,38)(H,39,41)(H,42,43). The largest absolute Gasteiger partial charge is 0.497 e. The highest BCUT2D eigenvalue weighted by Crippen LogP contribution is 2.35. The molecule has 0 aliphatic carbocycles. The van der Waals surface area contributed by atoms with Gasteiger partial charge in [0.1, 0.15) is 5.75 Å². The lowest BCUT2D eigenvalue weighted by Gasteiger charge is -2.16. The number of hydrogen-bond donors (Lipinski definition) is 5. The Hall–Kier alpha value is -5.95. The van der Waals surface area contributed by atoms with Gasteiger partial charge < -0.3 is 31.5 Å². The predicted molar refractivity (Wildman–Crippen MR) is 177 cm³/mol. The maximum atomic E-state index is 14.0. The molecule has 0 spiro atoms. The Morgan fingerprint density at radius 3 is 2.36 bits per heavy atom. The van der Waals surface area contributed by atoms with Gasteiger partial charge in [-0.2, -0.15) is 0 Å².